The lowest BCUT2D eigenvalue weighted by atomic mass is 10.00. The minimum absolute atomic E-state index is 0.0843. The van der Waals surface area contributed by atoms with Gasteiger partial charge in [-0.05, 0) is 75.9 Å². The second-order valence-electron chi connectivity index (χ2n) is 9.95. The fourth-order valence-electron chi connectivity index (χ4n) is 4.93. The van der Waals surface area contributed by atoms with Gasteiger partial charge in [0.2, 0.25) is 0 Å². The summed E-state index contributed by atoms with van der Waals surface area (Å²) in [6.07, 6.45) is 7.97. The summed E-state index contributed by atoms with van der Waals surface area (Å²) in [5, 5.41) is 14.7. The van der Waals surface area contributed by atoms with Gasteiger partial charge < -0.3 is 18.9 Å². The highest BCUT2D eigenvalue weighted by atomic mass is 16.5. The number of aromatic nitrogens is 4. The summed E-state index contributed by atoms with van der Waals surface area (Å²) in [6.45, 7) is 6.47. The van der Waals surface area contributed by atoms with Crippen molar-refractivity contribution in [2.24, 2.45) is 5.92 Å². The number of pyridine rings is 2. The summed E-state index contributed by atoms with van der Waals surface area (Å²) in [4.78, 5) is 21.2. The molecule has 0 bridgehead atoms. The molecule has 0 amide bonds. The number of hydrogen-bond donors (Lipinski definition) is 1. The van der Waals surface area contributed by atoms with Crippen molar-refractivity contribution in [2.45, 2.75) is 39.7 Å². The van der Waals surface area contributed by atoms with E-state index in [0.717, 1.165) is 63.3 Å². The molecule has 8 nitrogen and oxygen atoms in total. The maximum atomic E-state index is 11.8. The molecule has 1 aliphatic rings. The first-order valence-corrected chi connectivity index (χ1v) is 12.8. The Hall–Kier alpha value is -4.46. The minimum Gasteiger partial charge on any atom is -0.493 e. The number of carboxylic acids is 1. The van der Waals surface area contributed by atoms with Crippen LogP contribution < -0.4 is 4.74 Å². The molecule has 1 aliphatic carbocycles. The number of rotatable bonds is 8. The molecule has 4 aromatic heterocycles. The quantitative estimate of drug-likeness (QED) is 0.256. The van der Waals surface area contributed by atoms with Gasteiger partial charge in [-0.25, -0.2) is 9.78 Å². The summed E-state index contributed by atoms with van der Waals surface area (Å²) < 4.78 is 13.8. The summed E-state index contributed by atoms with van der Waals surface area (Å²) in [7, 11) is 0. The number of benzene rings is 1. The number of carboxylic acid groups (broad SMARTS) is 1. The second kappa shape index (κ2) is 9.45. The topological polar surface area (TPSA) is 103 Å². The van der Waals surface area contributed by atoms with Gasteiger partial charge in [-0.2, -0.15) is 0 Å². The highest BCUT2D eigenvalue weighted by Crippen LogP contribution is 2.41. The molecule has 0 aliphatic heterocycles. The fourth-order valence-corrected chi connectivity index (χ4v) is 4.93. The van der Waals surface area contributed by atoms with Crippen molar-refractivity contribution in [1.82, 2.24) is 19.7 Å². The van der Waals surface area contributed by atoms with Crippen LogP contribution in [0.3, 0.4) is 0 Å². The molecule has 1 atom stereocenters. The number of nitrogens with zero attached hydrogens (tertiary/aromatic N) is 4. The zero-order valence-electron chi connectivity index (χ0n) is 21.5. The van der Waals surface area contributed by atoms with Crippen LogP contribution in [0.4, 0.5) is 0 Å². The van der Waals surface area contributed by atoms with Crippen LogP contribution in [0.1, 0.15) is 53.3 Å². The highest BCUT2D eigenvalue weighted by molar-refractivity contribution is 5.99. The predicted molar refractivity (Wildman–Crippen MR) is 143 cm³/mol. The van der Waals surface area contributed by atoms with E-state index in [1.54, 1.807) is 18.3 Å². The van der Waals surface area contributed by atoms with Crippen molar-refractivity contribution < 1.29 is 19.2 Å². The molecule has 0 radical (unpaired) electrons. The zero-order valence-corrected chi connectivity index (χ0v) is 21.5. The van der Waals surface area contributed by atoms with E-state index < -0.39 is 5.97 Å². The van der Waals surface area contributed by atoms with Gasteiger partial charge >= 0.3 is 5.97 Å². The van der Waals surface area contributed by atoms with Gasteiger partial charge in [-0.15, -0.1) is 0 Å². The first-order valence-electron chi connectivity index (χ1n) is 12.8. The number of aromatic carboxylic acids is 1. The molecule has 38 heavy (non-hydrogen) atoms. The molecular formula is C30H28N4O4. The third-order valence-corrected chi connectivity index (χ3v) is 7.21. The van der Waals surface area contributed by atoms with E-state index >= 15 is 0 Å². The van der Waals surface area contributed by atoms with Gasteiger partial charge in [0.15, 0.2) is 0 Å². The van der Waals surface area contributed by atoms with Gasteiger partial charge in [-0.3, -0.25) is 4.98 Å². The molecule has 0 spiro atoms. The van der Waals surface area contributed by atoms with Crippen LogP contribution in [0.5, 0.6) is 5.75 Å². The standard InChI is InChI=1S/C30H28N4O4/c1-17-28(19(3)38-33-17)22-12-24-25(15-34(29(24)32-14-22)18(2)26-6-4-5-11-31-26)23-10-9-21(30(35)36)13-27(23)37-16-20-7-8-20/h4-6,9-15,18,20H,7-8,16H2,1-3H3,(H,35,36). The minimum atomic E-state index is -0.985. The molecule has 192 valence electrons. The largest absolute Gasteiger partial charge is 0.493 e. The second-order valence-corrected chi connectivity index (χ2v) is 9.95. The number of fused-ring (bicyclic) bond motifs is 1. The van der Waals surface area contributed by atoms with Gasteiger partial charge in [0, 0.05) is 46.2 Å². The summed E-state index contributed by atoms with van der Waals surface area (Å²) in [6, 6.07) is 13.0. The Morgan fingerprint density at radius 1 is 1.16 bits per heavy atom. The molecule has 1 aromatic carbocycles. The van der Waals surface area contributed by atoms with E-state index in [-0.39, 0.29) is 11.6 Å². The number of carbonyl (C=O) groups is 1. The lowest BCUT2D eigenvalue weighted by Crippen LogP contribution is -2.07. The third-order valence-electron chi connectivity index (χ3n) is 7.21. The van der Waals surface area contributed by atoms with E-state index in [1.165, 1.54) is 0 Å². The third kappa shape index (κ3) is 4.32. The number of hydrogen-bond acceptors (Lipinski definition) is 6. The maximum Gasteiger partial charge on any atom is 0.335 e. The zero-order chi connectivity index (χ0) is 26.4. The van der Waals surface area contributed by atoms with Crippen LogP contribution in [0.15, 0.2) is 65.6 Å². The molecular weight excluding hydrogens is 480 g/mol. The van der Waals surface area contributed by atoms with Crippen LogP contribution in [-0.2, 0) is 0 Å². The molecule has 6 rings (SSSR count). The van der Waals surface area contributed by atoms with E-state index in [9.17, 15) is 9.90 Å². The predicted octanol–water partition coefficient (Wildman–Crippen LogP) is 6.47. The molecule has 1 saturated carbocycles. The number of aryl methyl sites for hydroxylation is 2. The Morgan fingerprint density at radius 3 is 2.68 bits per heavy atom. The van der Waals surface area contributed by atoms with Crippen molar-refractivity contribution in [2.75, 3.05) is 6.61 Å². The van der Waals surface area contributed by atoms with Crippen molar-refractivity contribution in [3.63, 3.8) is 0 Å². The molecule has 1 unspecified atom stereocenters. The van der Waals surface area contributed by atoms with Crippen molar-refractivity contribution >= 4 is 17.0 Å². The van der Waals surface area contributed by atoms with Crippen LogP contribution in [0, 0.1) is 19.8 Å². The van der Waals surface area contributed by atoms with Crippen molar-refractivity contribution in [1.29, 1.82) is 0 Å². The lowest BCUT2D eigenvalue weighted by Gasteiger charge is -2.14. The lowest BCUT2D eigenvalue weighted by molar-refractivity contribution is 0.0696. The van der Waals surface area contributed by atoms with Crippen LogP contribution in [0.25, 0.3) is 33.3 Å². The molecule has 1 N–H and O–H groups in total. The van der Waals surface area contributed by atoms with E-state index in [4.69, 9.17) is 14.2 Å². The Balaban J connectivity index is 1.56. The monoisotopic (exact) mass is 508 g/mol. The first kappa shape index (κ1) is 23.9. The smallest absolute Gasteiger partial charge is 0.335 e. The first-order chi connectivity index (χ1) is 18.4. The molecule has 8 heteroatoms. The summed E-state index contributed by atoms with van der Waals surface area (Å²) in [5.74, 6) is 0.825. The van der Waals surface area contributed by atoms with E-state index in [0.29, 0.717) is 18.3 Å². The summed E-state index contributed by atoms with van der Waals surface area (Å²) >= 11 is 0. The van der Waals surface area contributed by atoms with Gasteiger partial charge in [0.1, 0.15) is 17.2 Å². The highest BCUT2D eigenvalue weighted by Gasteiger charge is 2.25. The van der Waals surface area contributed by atoms with E-state index in [1.807, 2.05) is 44.3 Å². The molecule has 5 aromatic rings. The number of ether oxygens (including phenoxy) is 1. The molecule has 1 fully saturated rings. The van der Waals surface area contributed by atoms with Crippen molar-refractivity contribution in [3.05, 3.63) is 83.8 Å². The van der Waals surface area contributed by atoms with Gasteiger partial charge in [0.05, 0.1) is 29.6 Å². The Labute approximate surface area is 219 Å². The van der Waals surface area contributed by atoms with Crippen LogP contribution >= 0.6 is 0 Å². The Bertz CT molecular complexity index is 1630. The Kier molecular flexibility index (Phi) is 5.94. The normalized spacial score (nSPS) is 14.1. The molecule has 0 saturated heterocycles. The maximum absolute atomic E-state index is 11.8. The van der Waals surface area contributed by atoms with Gasteiger partial charge in [-0.1, -0.05) is 11.2 Å². The SMILES string of the molecule is Cc1noc(C)c1-c1cnc2c(c1)c(-c1ccc(C(=O)O)cc1OCC1CC1)cn2C(C)c1ccccn1. The van der Waals surface area contributed by atoms with Gasteiger partial charge in [0.25, 0.3) is 0 Å². The molecule has 4 heterocycles. The van der Waals surface area contributed by atoms with Crippen molar-refractivity contribution in [3.8, 4) is 28.0 Å². The fraction of sp³-hybridized carbons (Fsp3) is 0.267. The average molecular weight is 509 g/mol. The van der Waals surface area contributed by atoms with Crippen LogP contribution in [-0.4, -0.2) is 37.4 Å². The van der Waals surface area contributed by atoms with E-state index in [2.05, 4.69) is 33.9 Å². The van der Waals surface area contributed by atoms with Crippen LogP contribution in [0.2, 0.25) is 0 Å². The summed E-state index contributed by atoms with van der Waals surface area (Å²) in [5.41, 5.74) is 6.26. The Morgan fingerprint density at radius 2 is 2.00 bits per heavy atom. The average Bonchev–Trinajstić information content (AvgIpc) is 3.60.